The van der Waals surface area contributed by atoms with Crippen LogP contribution in [0.5, 0.6) is 5.75 Å². The first-order valence-corrected chi connectivity index (χ1v) is 6.22. The van der Waals surface area contributed by atoms with Crippen LogP contribution in [0, 0.1) is 0 Å². The van der Waals surface area contributed by atoms with Gasteiger partial charge in [0.1, 0.15) is 5.75 Å². The van der Waals surface area contributed by atoms with Gasteiger partial charge in [-0.15, -0.1) is 0 Å². The van der Waals surface area contributed by atoms with Crippen molar-refractivity contribution in [3.63, 3.8) is 0 Å². The van der Waals surface area contributed by atoms with Crippen LogP contribution < -0.4 is 4.74 Å². The van der Waals surface area contributed by atoms with Crippen molar-refractivity contribution in [2.45, 2.75) is 19.8 Å². The second kappa shape index (κ2) is 8.08. The molecule has 0 unspecified atom stereocenters. The molecule has 0 aromatic heterocycles. The van der Waals surface area contributed by atoms with Gasteiger partial charge in [-0.3, -0.25) is 4.79 Å². The molecule has 0 aliphatic heterocycles. The van der Waals surface area contributed by atoms with Gasteiger partial charge in [-0.05, 0) is 36.8 Å². The molecule has 0 saturated heterocycles. The predicted molar refractivity (Wildman–Crippen MR) is 72.3 cm³/mol. The van der Waals surface area contributed by atoms with Crippen molar-refractivity contribution in [3.05, 3.63) is 42.5 Å². The van der Waals surface area contributed by atoms with Crippen LogP contribution in [-0.2, 0) is 9.53 Å². The van der Waals surface area contributed by atoms with Gasteiger partial charge in [-0.2, -0.15) is 0 Å². The fourth-order valence-corrected chi connectivity index (χ4v) is 1.35. The molecule has 0 heterocycles. The lowest BCUT2D eigenvalue weighted by Crippen LogP contribution is -2.15. The molecule has 0 aliphatic rings. The number of hydrogen-bond acceptors (Lipinski definition) is 4. The molecule has 0 bridgehead atoms. The Hall–Kier alpha value is -2.10. The van der Waals surface area contributed by atoms with Crippen LogP contribution in [0.4, 0.5) is 0 Å². The molecule has 0 atom stereocenters. The molecule has 0 saturated carbocycles. The SMILES string of the molecule is C=CC(=O)c1ccc(OCC(=O)OCCCC)cc1. The van der Waals surface area contributed by atoms with Gasteiger partial charge in [0.15, 0.2) is 12.4 Å². The average molecular weight is 262 g/mol. The van der Waals surface area contributed by atoms with E-state index in [2.05, 4.69) is 6.58 Å². The summed E-state index contributed by atoms with van der Waals surface area (Å²) < 4.78 is 10.2. The van der Waals surface area contributed by atoms with E-state index < -0.39 is 0 Å². The molecule has 1 aromatic rings. The lowest BCUT2D eigenvalue weighted by molar-refractivity contribution is -0.146. The summed E-state index contributed by atoms with van der Waals surface area (Å²) in [6.45, 7) is 5.73. The topological polar surface area (TPSA) is 52.6 Å². The summed E-state index contributed by atoms with van der Waals surface area (Å²) >= 11 is 0. The van der Waals surface area contributed by atoms with Gasteiger partial charge < -0.3 is 9.47 Å². The number of esters is 1. The highest BCUT2D eigenvalue weighted by atomic mass is 16.6. The number of ether oxygens (including phenoxy) is 2. The van der Waals surface area contributed by atoms with Crippen molar-refractivity contribution >= 4 is 11.8 Å². The number of carbonyl (C=O) groups excluding carboxylic acids is 2. The Morgan fingerprint density at radius 3 is 2.53 bits per heavy atom. The molecule has 0 N–H and O–H groups in total. The first-order valence-electron chi connectivity index (χ1n) is 6.22. The molecule has 0 spiro atoms. The van der Waals surface area contributed by atoms with E-state index in [1.165, 1.54) is 6.08 Å². The number of hydrogen-bond donors (Lipinski definition) is 0. The van der Waals surface area contributed by atoms with Crippen LogP contribution in [-0.4, -0.2) is 25.0 Å². The Labute approximate surface area is 113 Å². The Balaban J connectivity index is 2.39. The van der Waals surface area contributed by atoms with Crippen LogP contribution in [0.3, 0.4) is 0 Å². The van der Waals surface area contributed by atoms with E-state index in [0.717, 1.165) is 12.8 Å². The molecule has 19 heavy (non-hydrogen) atoms. The van der Waals surface area contributed by atoms with E-state index in [4.69, 9.17) is 9.47 Å². The van der Waals surface area contributed by atoms with Crippen LogP contribution in [0.15, 0.2) is 36.9 Å². The monoisotopic (exact) mass is 262 g/mol. The molecule has 1 rings (SSSR count). The zero-order chi connectivity index (χ0) is 14.1. The zero-order valence-electron chi connectivity index (χ0n) is 11.1. The minimum atomic E-state index is -0.389. The average Bonchev–Trinajstić information content (AvgIpc) is 2.45. The Morgan fingerprint density at radius 1 is 1.26 bits per heavy atom. The third-order valence-electron chi connectivity index (χ3n) is 2.44. The maximum Gasteiger partial charge on any atom is 0.344 e. The highest BCUT2D eigenvalue weighted by Gasteiger charge is 2.05. The number of rotatable bonds is 8. The highest BCUT2D eigenvalue weighted by molar-refractivity contribution is 6.04. The number of unbranched alkanes of at least 4 members (excludes halogenated alkanes) is 1. The first-order chi connectivity index (χ1) is 9.17. The third-order valence-corrected chi connectivity index (χ3v) is 2.44. The third kappa shape index (κ3) is 5.38. The van der Waals surface area contributed by atoms with E-state index in [1.807, 2.05) is 6.92 Å². The van der Waals surface area contributed by atoms with E-state index >= 15 is 0 Å². The molecule has 0 radical (unpaired) electrons. The van der Waals surface area contributed by atoms with E-state index in [-0.39, 0.29) is 18.4 Å². The Morgan fingerprint density at radius 2 is 1.95 bits per heavy atom. The van der Waals surface area contributed by atoms with E-state index in [9.17, 15) is 9.59 Å². The van der Waals surface area contributed by atoms with Crippen molar-refractivity contribution in [2.75, 3.05) is 13.2 Å². The standard InChI is InChI=1S/C15H18O4/c1-3-5-10-18-15(17)11-19-13-8-6-12(7-9-13)14(16)4-2/h4,6-9H,2-3,5,10-11H2,1H3. The molecule has 0 amide bonds. The maximum atomic E-state index is 11.3. The molecular formula is C15H18O4. The van der Waals surface area contributed by atoms with Crippen LogP contribution >= 0.6 is 0 Å². The van der Waals surface area contributed by atoms with E-state index in [0.29, 0.717) is 17.9 Å². The zero-order valence-corrected chi connectivity index (χ0v) is 11.1. The van der Waals surface area contributed by atoms with Crippen molar-refractivity contribution in [3.8, 4) is 5.75 Å². The summed E-state index contributed by atoms with van der Waals surface area (Å²) in [4.78, 5) is 22.6. The lowest BCUT2D eigenvalue weighted by Gasteiger charge is -2.07. The number of allylic oxidation sites excluding steroid dienone is 1. The van der Waals surface area contributed by atoms with Gasteiger partial charge in [0.2, 0.25) is 0 Å². The predicted octanol–water partition coefficient (Wildman–Crippen LogP) is 2.78. The highest BCUT2D eigenvalue weighted by Crippen LogP contribution is 2.12. The van der Waals surface area contributed by atoms with Crippen LogP contribution in [0.1, 0.15) is 30.1 Å². The molecule has 0 fully saturated rings. The summed E-state index contributed by atoms with van der Waals surface area (Å²) in [7, 11) is 0. The van der Waals surface area contributed by atoms with Crippen molar-refractivity contribution in [1.29, 1.82) is 0 Å². The van der Waals surface area contributed by atoms with Crippen LogP contribution in [0.25, 0.3) is 0 Å². The molecule has 4 nitrogen and oxygen atoms in total. The summed E-state index contributed by atoms with van der Waals surface area (Å²) in [5.74, 6) is -0.0155. The van der Waals surface area contributed by atoms with Gasteiger partial charge in [-0.1, -0.05) is 19.9 Å². The molecule has 102 valence electrons. The summed E-state index contributed by atoms with van der Waals surface area (Å²) in [6.07, 6.45) is 3.08. The lowest BCUT2D eigenvalue weighted by atomic mass is 10.1. The Bertz CT molecular complexity index is 434. The van der Waals surface area contributed by atoms with Crippen LogP contribution in [0.2, 0.25) is 0 Å². The molecule has 1 aromatic carbocycles. The molecular weight excluding hydrogens is 244 g/mol. The summed E-state index contributed by atoms with van der Waals surface area (Å²) in [5, 5.41) is 0. The van der Waals surface area contributed by atoms with Gasteiger partial charge >= 0.3 is 5.97 Å². The minimum absolute atomic E-state index is 0.127. The van der Waals surface area contributed by atoms with Crippen molar-refractivity contribution in [2.24, 2.45) is 0 Å². The van der Waals surface area contributed by atoms with Gasteiger partial charge in [-0.25, -0.2) is 4.79 Å². The van der Waals surface area contributed by atoms with Gasteiger partial charge in [0.05, 0.1) is 6.61 Å². The smallest absolute Gasteiger partial charge is 0.344 e. The fourth-order valence-electron chi connectivity index (χ4n) is 1.35. The number of carbonyl (C=O) groups is 2. The second-order valence-electron chi connectivity index (χ2n) is 3.96. The molecule has 0 aliphatic carbocycles. The van der Waals surface area contributed by atoms with Crippen molar-refractivity contribution in [1.82, 2.24) is 0 Å². The summed E-state index contributed by atoms with van der Waals surface area (Å²) in [5.41, 5.74) is 0.535. The first kappa shape index (κ1) is 15.0. The minimum Gasteiger partial charge on any atom is -0.482 e. The van der Waals surface area contributed by atoms with Gasteiger partial charge in [0.25, 0.3) is 0 Å². The van der Waals surface area contributed by atoms with Crippen molar-refractivity contribution < 1.29 is 19.1 Å². The quantitative estimate of drug-likeness (QED) is 0.313. The molecule has 4 heteroatoms. The number of ketones is 1. The second-order valence-corrected chi connectivity index (χ2v) is 3.96. The van der Waals surface area contributed by atoms with E-state index in [1.54, 1.807) is 24.3 Å². The largest absolute Gasteiger partial charge is 0.482 e. The maximum absolute atomic E-state index is 11.3. The summed E-state index contributed by atoms with van der Waals surface area (Å²) in [6, 6.07) is 6.52. The normalized spacial score (nSPS) is 9.74. The van der Waals surface area contributed by atoms with Gasteiger partial charge in [0, 0.05) is 5.56 Å². The number of benzene rings is 1. The fraction of sp³-hybridized carbons (Fsp3) is 0.333. The Kier molecular flexibility index (Phi) is 6.36.